The first kappa shape index (κ1) is 24.5. The molecule has 9 nitrogen and oxygen atoms in total. The number of fused-ring (bicyclic) bond motifs is 2. The van der Waals surface area contributed by atoms with Crippen molar-refractivity contribution in [3.05, 3.63) is 52.3 Å². The Labute approximate surface area is 221 Å². The second-order valence-corrected chi connectivity index (χ2v) is 13.0. The van der Waals surface area contributed by atoms with E-state index >= 15 is 0 Å². The number of carbonyl (C=O) groups is 1. The molecule has 196 valence electrons. The Balaban J connectivity index is 1.32. The van der Waals surface area contributed by atoms with Crippen molar-refractivity contribution in [1.29, 1.82) is 0 Å². The summed E-state index contributed by atoms with van der Waals surface area (Å²) in [6.07, 6.45) is 5.69. The summed E-state index contributed by atoms with van der Waals surface area (Å²) in [5.41, 5.74) is 3.09. The molecule has 1 aromatic carbocycles. The van der Waals surface area contributed by atoms with Gasteiger partial charge in [0.05, 0.1) is 29.2 Å². The fraction of sp³-hybridized carbons (Fsp3) is 0.500. The quantitative estimate of drug-likeness (QED) is 0.520. The predicted molar refractivity (Wildman–Crippen MR) is 144 cm³/mol. The molecule has 2 saturated heterocycles. The van der Waals surface area contributed by atoms with Gasteiger partial charge in [0.15, 0.2) is 5.65 Å². The van der Waals surface area contributed by atoms with Crippen molar-refractivity contribution in [2.45, 2.75) is 39.2 Å². The highest BCUT2D eigenvalue weighted by Crippen LogP contribution is 2.52. The molecule has 1 unspecified atom stereocenters. The van der Waals surface area contributed by atoms with Crippen LogP contribution >= 0.6 is 11.6 Å². The van der Waals surface area contributed by atoms with Crippen LogP contribution in [-0.2, 0) is 10.0 Å². The number of nitrogens with zero attached hydrogens (tertiary/aromatic N) is 5. The number of rotatable bonds is 5. The number of benzene rings is 1. The summed E-state index contributed by atoms with van der Waals surface area (Å²) in [4.78, 5) is 22.9. The van der Waals surface area contributed by atoms with Crippen LogP contribution in [0.1, 0.15) is 53.8 Å². The van der Waals surface area contributed by atoms with Crippen LogP contribution in [-0.4, -0.2) is 59.7 Å². The molecule has 2 aliphatic heterocycles. The Morgan fingerprint density at radius 3 is 2.65 bits per heavy atom. The van der Waals surface area contributed by atoms with Gasteiger partial charge >= 0.3 is 0 Å². The number of amides is 1. The Hall–Kier alpha value is -2.85. The molecule has 1 aliphatic carbocycles. The molecule has 11 heteroatoms. The van der Waals surface area contributed by atoms with Gasteiger partial charge in [-0.25, -0.2) is 17.9 Å². The maximum atomic E-state index is 13.8. The van der Waals surface area contributed by atoms with Crippen molar-refractivity contribution in [3.8, 4) is 0 Å². The summed E-state index contributed by atoms with van der Waals surface area (Å²) < 4.78 is 28.1. The molecular formula is C26H31ClN6O3S. The van der Waals surface area contributed by atoms with E-state index in [1.165, 1.54) is 12.1 Å². The van der Waals surface area contributed by atoms with E-state index in [0.717, 1.165) is 79.1 Å². The number of nitrogens with one attached hydrogen (secondary N) is 1. The number of sulfonamides is 1. The van der Waals surface area contributed by atoms with Crippen molar-refractivity contribution in [1.82, 2.24) is 19.5 Å². The van der Waals surface area contributed by atoms with Gasteiger partial charge in [-0.05, 0) is 62.1 Å². The number of carbonyl (C=O) groups excluding carboxylic acids is 1. The first-order valence-electron chi connectivity index (χ1n) is 12.8. The van der Waals surface area contributed by atoms with Crippen LogP contribution in [0.5, 0.6) is 0 Å². The number of hydrogen-bond acceptors (Lipinski definition) is 6. The van der Waals surface area contributed by atoms with Gasteiger partial charge in [0.25, 0.3) is 5.91 Å². The summed E-state index contributed by atoms with van der Waals surface area (Å²) in [5.74, 6) is 3.14. The lowest BCUT2D eigenvalue weighted by Crippen LogP contribution is -2.39. The zero-order valence-electron chi connectivity index (χ0n) is 21.2. The van der Waals surface area contributed by atoms with E-state index in [1.54, 1.807) is 15.5 Å². The number of hydrogen-bond donors (Lipinski definition) is 1. The Morgan fingerprint density at radius 2 is 1.92 bits per heavy atom. The third-order valence-corrected chi connectivity index (χ3v) is 8.98. The van der Waals surface area contributed by atoms with Crippen LogP contribution in [0.15, 0.2) is 30.5 Å². The lowest BCUT2D eigenvalue weighted by atomic mass is 9.98. The van der Waals surface area contributed by atoms with E-state index < -0.39 is 10.0 Å². The molecule has 3 fully saturated rings. The molecule has 4 heterocycles. The molecule has 1 amide bonds. The summed E-state index contributed by atoms with van der Waals surface area (Å²) in [5, 5.41) is 5.20. The highest BCUT2D eigenvalue weighted by Gasteiger charge is 2.53. The molecule has 6 rings (SSSR count). The van der Waals surface area contributed by atoms with Gasteiger partial charge in [-0.3, -0.25) is 9.52 Å². The number of anilines is 2. The van der Waals surface area contributed by atoms with Crippen molar-refractivity contribution in [3.63, 3.8) is 0 Å². The number of aromatic nitrogens is 3. The minimum atomic E-state index is -3.57. The summed E-state index contributed by atoms with van der Waals surface area (Å²) >= 11 is 6.21. The van der Waals surface area contributed by atoms with Gasteiger partial charge in [0.2, 0.25) is 10.0 Å². The number of aryl methyl sites for hydroxylation is 1. The number of halogens is 1. The van der Waals surface area contributed by atoms with Crippen molar-refractivity contribution < 1.29 is 13.2 Å². The molecule has 0 radical (unpaired) electrons. The van der Waals surface area contributed by atoms with Crippen molar-refractivity contribution in [2.75, 3.05) is 35.5 Å². The monoisotopic (exact) mass is 542 g/mol. The molecule has 1 saturated carbocycles. The highest BCUT2D eigenvalue weighted by atomic mass is 35.5. The smallest absolute Gasteiger partial charge is 0.256 e. The van der Waals surface area contributed by atoms with E-state index in [1.807, 2.05) is 12.3 Å². The second-order valence-electron chi connectivity index (χ2n) is 10.8. The average molecular weight is 543 g/mol. The molecule has 0 spiro atoms. The number of piperidine rings is 2. The SMILES string of the molecule is Cc1cn2nc([C@@H]3CCCCN3C(=O)c3cc(Cl)ccc3NS(C)(=O)=O)cc2nc1N1C[C@@H]2C(C)[C@@H]2C1. The van der Waals surface area contributed by atoms with Crippen LogP contribution in [0.2, 0.25) is 5.02 Å². The van der Waals surface area contributed by atoms with Crippen LogP contribution in [0.4, 0.5) is 11.5 Å². The topological polar surface area (TPSA) is 99.9 Å². The summed E-state index contributed by atoms with van der Waals surface area (Å²) in [6.45, 7) is 7.08. The van der Waals surface area contributed by atoms with Crippen molar-refractivity contribution >= 4 is 44.7 Å². The van der Waals surface area contributed by atoms with Gasteiger partial charge in [-0.1, -0.05) is 18.5 Å². The van der Waals surface area contributed by atoms with Gasteiger partial charge in [-0.15, -0.1) is 0 Å². The molecule has 3 aliphatic rings. The van der Waals surface area contributed by atoms with E-state index in [2.05, 4.69) is 23.5 Å². The average Bonchev–Trinajstić information content (AvgIpc) is 3.21. The van der Waals surface area contributed by atoms with E-state index in [9.17, 15) is 13.2 Å². The second kappa shape index (κ2) is 8.87. The minimum absolute atomic E-state index is 0.219. The number of likely N-dealkylation sites (tertiary alicyclic amines) is 1. The highest BCUT2D eigenvalue weighted by molar-refractivity contribution is 7.92. The molecule has 4 atom stereocenters. The van der Waals surface area contributed by atoms with Crippen LogP contribution in [0.25, 0.3) is 5.65 Å². The third kappa shape index (κ3) is 4.54. The lowest BCUT2D eigenvalue weighted by molar-refractivity contribution is 0.0607. The largest absolute Gasteiger partial charge is 0.356 e. The standard InChI is InChI=1S/C26H31ClN6O3S/c1-15-12-33-24(28-25(15)31-13-19-16(2)20(19)14-31)11-22(29-33)23-6-4-5-9-32(23)26(34)18-10-17(27)7-8-21(18)30-37(3,35)36/h7-8,10-12,16,19-20,23,30H,4-6,9,13-14H2,1-3H3/t16?,19-,20+,23-/m0/s1. The van der Waals surface area contributed by atoms with Crippen LogP contribution < -0.4 is 9.62 Å². The third-order valence-electron chi connectivity index (χ3n) is 8.16. The molecule has 37 heavy (non-hydrogen) atoms. The zero-order chi connectivity index (χ0) is 26.1. The van der Waals surface area contributed by atoms with Gasteiger partial charge in [-0.2, -0.15) is 5.10 Å². The van der Waals surface area contributed by atoms with Gasteiger partial charge in [0, 0.05) is 42.5 Å². The normalized spacial score (nSPS) is 25.4. The van der Waals surface area contributed by atoms with E-state index in [-0.39, 0.29) is 23.2 Å². The fourth-order valence-corrected chi connectivity index (χ4v) is 6.87. The first-order chi connectivity index (χ1) is 17.6. The molecule has 0 bridgehead atoms. The molecule has 3 aromatic rings. The molecule has 1 N–H and O–H groups in total. The molecular weight excluding hydrogens is 512 g/mol. The maximum Gasteiger partial charge on any atom is 0.256 e. The summed E-state index contributed by atoms with van der Waals surface area (Å²) in [6, 6.07) is 6.35. The Kier molecular flexibility index (Phi) is 5.87. The Bertz CT molecular complexity index is 1490. The predicted octanol–water partition coefficient (Wildman–Crippen LogP) is 4.13. The zero-order valence-corrected chi connectivity index (χ0v) is 22.8. The first-order valence-corrected chi connectivity index (χ1v) is 15.1. The van der Waals surface area contributed by atoms with Gasteiger partial charge < -0.3 is 9.80 Å². The van der Waals surface area contributed by atoms with Crippen LogP contribution in [0, 0.1) is 24.7 Å². The lowest BCUT2D eigenvalue weighted by Gasteiger charge is -2.35. The minimum Gasteiger partial charge on any atom is -0.356 e. The molecule has 2 aromatic heterocycles. The van der Waals surface area contributed by atoms with E-state index in [0.29, 0.717) is 11.6 Å². The van der Waals surface area contributed by atoms with E-state index in [4.69, 9.17) is 21.7 Å². The maximum absolute atomic E-state index is 13.8. The van der Waals surface area contributed by atoms with Crippen molar-refractivity contribution in [2.24, 2.45) is 17.8 Å². The van der Waals surface area contributed by atoms with Gasteiger partial charge in [0.1, 0.15) is 5.82 Å². The fourth-order valence-electron chi connectivity index (χ4n) is 6.12. The van der Waals surface area contributed by atoms with Crippen LogP contribution in [0.3, 0.4) is 0 Å². The summed E-state index contributed by atoms with van der Waals surface area (Å²) in [7, 11) is -3.57. The Morgan fingerprint density at radius 1 is 1.16 bits per heavy atom.